The van der Waals surface area contributed by atoms with Crippen LogP contribution in [0.4, 0.5) is 0 Å². The quantitative estimate of drug-likeness (QED) is 0.442. The molecular weight excluding hydrogens is 404 g/mol. The Morgan fingerprint density at radius 1 is 0.828 bits per heavy atom. The van der Waals surface area contributed by atoms with Gasteiger partial charge in [-0.1, -0.05) is 85.1 Å². The van der Waals surface area contributed by atoms with Gasteiger partial charge in [-0.2, -0.15) is 0 Å². The van der Waals surface area contributed by atoms with E-state index >= 15 is 0 Å². The first-order valence-corrected chi connectivity index (χ1v) is 9.42. The van der Waals surface area contributed by atoms with E-state index in [-0.39, 0.29) is 0 Å². The number of nitrogens with zero attached hydrogens (tertiary/aromatic N) is 2. The van der Waals surface area contributed by atoms with Crippen LogP contribution < -0.4 is 11.2 Å². The van der Waals surface area contributed by atoms with E-state index in [0.29, 0.717) is 4.99 Å². The first kappa shape index (κ1) is 23.9. The SMILES string of the molecule is CN(C)C(=S)c1ccccc1.CN(NC(=O)/C=C/C(N)=O)C(=S)c1ccccc1. The van der Waals surface area contributed by atoms with Gasteiger partial charge in [-0.25, -0.2) is 0 Å². The Morgan fingerprint density at radius 2 is 1.28 bits per heavy atom. The Hall–Kier alpha value is -3.10. The van der Waals surface area contributed by atoms with Crippen LogP contribution in [0.5, 0.6) is 0 Å². The van der Waals surface area contributed by atoms with Gasteiger partial charge in [0.25, 0.3) is 5.91 Å². The molecule has 2 rings (SSSR count). The highest BCUT2D eigenvalue weighted by Gasteiger charge is 2.08. The molecule has 29 heavy (non-hydrogen) atoms. The Labute approximate surface area is 182 Å². The molecule has 8 heteroatoms. The molecule has 0 heterocycles. The minimum absolute atomic E-state index is 0.469. The predicted molar refractivity (Wildman–Crippen MR) is 124 cm³/mol. The van der Waals surface area contributed by atoms with Crippen LogP contribution in [0.15, 0.2) is 72.8 Å². The van der Waals surface area contributed by atoms with E-state index in [2.05, 4.69) is 5.43 Å². The second-order valence-electron chi connectivity index (χ2n) is 6.01. The Kier molecular flexibility index (Phi) is 10.2. The second kappa shape index (κ2) is 12.4. The zero-order valence-electron chi connectivity index (χ0n) is 16.5. The first-order valence-electron chi connectivity index (χ1n) is 8.60. The maximum atomic E-state index is 11.4. The average molecular weight is 429 g/mol. The molecule has 0 atom stereocenters. The van der Waals surface area contributed by atoms with Crippen LogP contribution >= 0.6 is 24.4 Å². The molecule has 0 aliphatic carbocycles. The lowest BCUT2D eigenvalue weighted by atomic mass is 10.2. The van der Waals surface area contributed by atoms with E-state index in [1.165, 1.54) is 5.01 Å². The molecule has 2 amide bonds. The number of nitrogens with two attached hydrogens (primary N) is 1. The number of rotatable bonds is 4. The zero-order valence-corrected chi connectivity index (χ0v) is 18.2. The number of hydrazine groups is 1. The topological polar surface area (TPSA) is 78.7 Å². The minimum Gasteiger partial charge on any atom is -0.368 e. The number of carbonyl (C=O) groups excluding carboxylic acids is 2. The van der Waals surface area contributed by atoms with Gasteiger partial charge >= 0.3 is 0 Å². The minimum atomic E-state index is -0.682. The number of hydrogen-bond acceptors (Lipinski definition) is 4. The van der Waals surface area contributed by atoms with Crippen LogP contribution in [0.1, 0.15) is 11.1 Å². The molecule has 0 fully saturated rings. The van der Waals surface area contributed by atoms with E-state index in [9.17, 15) is 9.59 Å². The normalized spacial score (nSPS) is 9.76. The lowest BCUT2D eigenvalue weighted by Gasteiger charge is -2.20. The standard InChI is InChI=1S/C12H13N3O2S.C9H11NS/c1-15(14-11(17)8-7-10(13)16)12(18)9-5-3-2-4-6-9;1-10(2)9(11)8-6-4-3-5-7-8/h2-8H,1H3,(H2,13,16)(H,14,17);3-7H,1-2H3/b8-7+;. The molecule has 0 saturated heterocycles. The van der Waals surface area contributed by atoms with Crippen molar-refractivity contribution >= 4 is 46.2 Å². The van der Waals surface area contributed by atoms with Crippen LogP contribution in [0.2, 0.25) is 0 Å². The molecule has 0 unspecified atom stereocenters. The predicted octanol–water partition coefficient (Wildman–Crippen LogP) is 2.29. The number of hydrogen-bond donors (Lipinski definition) is 2. The third-order valence-corrected chi connectivity index (χ3v) is 4.54. The van der Waals surface area contributed by atoms with E-state index in [1.54, 1.807) is 7.05 Å². The van der Waals surface area contributed by atoms with Crippen molar-refractivity contribution in [2.75, 3.05) is 21.1 Å². The van der Waals surface area contributed by atoms with Crippen LogP contribution in [0.3, 0.4) is 0 Å². The van der Waals surface area contributed by atoms with Crippen LogP contribution in [0, 0.1) is 0 Å². The fraction of sp³-hybridized carbons (Fsp3) is 0.143. The molecule has 0 aliphatic rings. The molecule has 152 valence electrons. The van der Waals surface area contributed by atoms with Gasteiger partial charge in [-0.15, -0.1) is 0 Å². The maximum absolute atomic E-state index is 11.4. The van der Waals surface area contributed by atoms with Crippen LogP contribution in [-0.2, 0) is 9.59 Å². The molecule has 2 aromatic carbocycles. The fourth-order valence-corrected chi connectivity index (χ4v) is 2.34. The molecule has 0 bridgehead atoms. The van der Waals surface area contributed by atoms with Crippen molar-refractivity contribution in [3.8, 4) is 0 Å². The summed E-state index contributed by atoms with van der Waals surface area (Å²) in [5.41, 5.74) is 9.29. The highest BCUT2D eigenvalue weighted by Crippen LogP contribution is 2.03. The van der Waals surface area contributed by atoms with Crippen LogP contribution in [0.25, 0.3) is 0 Å². The molecule has 0 aromatic heterocycles. The van der Waals surface area contributed by atoms with E-state index in [4.69, 9.17) is 30.2 Å². The van der Waals surface area contributed by atoms with Gasteiger partial charge in [0.1, 0.15) is 9.98 Å². The van der Waals surface area contributed by atoms with Gasteiger partial charge in [0.15, 0.2) is 0 Å². The third kappa shape index (κ3) is 9.09. The molecule has 0 radical (unpaired) electrons. The van der Waals surface area contributed by atoms with Gasteiger partial charge in [-0.05, 0) is 0 Å². The van der Waals surface area contributed by atoms with E-state index in [1.807, 2.05) is 79.7 Å². The van der Waals surface area contributed by atoms with Gasteiger partial charge < -0.3 is 10.6 Å². The number of carbonyl (C=O) groups is 2. The Morgan fingerprint density at radius 3 is 1.69 bits per heavy atom. The molecule has 2 aromatic rings. The molecule has 3 N–H and O–H groups in total. The van der Waals surface area contributed by atoms with E-state index < -0.39 is 11.8 Å². The van der Waals surface area contributed by atoms with Gasteiger partial charge in [0.2, 0.25) is 5.91 Å². The summed E-state index contributed by atoms with van der Waals surface area (Å²) in [5, 5.41) is 1.40. The lowest BCUT2D eigenvalue weighted by Crippen LogP contribution is -2.42. The van der Waals surface area contributed by atoms with Gasteiger partial charge in [0.05, 0.1) is 0 Å². The summed E-state index contributed by atoms with van der Waals surface area (Å²) in [6.07, 6.45) is 2.03. The van der Waals surface area contributed by atoms with Crippen molar-refractivity contribution in [1.82, 2.24) is 15.3 Å². The third-order valence-electron chi connectivity index (χ3n) is 3.43. The molecule has 0 aliphatic heterocycles. The number of benzene rings is 2. The summed E-state index contributed by atoms with van der Waals surface area (Å²) in [4.78, 5) is 25.1. The van der Waals surface area contributed by atoms with Gasteiger partial charge in [0, 0.05) is 44.4 Å². The number of nitrogens with one attached hydrogen (secondary N) is 1. The van der Waals surface area contributed by atoms with Crippen molar-refractivity contribution in [3.05, 3.63) is 83.9 Å². The fourth-order valence-electron chi connectivity index (χ4n) is 2.02. The van der Waals surface area contributed by atoms with E-state index in [0.717, 1.165) is 28.3 Å². The molecule has 6 nitrogen and oxygen atoms in total. The van der Waals surface area contributed by atoms with Crippen LogP contribution in [-0.4, -0.2) is 52.8 Å². The first-order chi connectivity index (χ1) is 13.7. The van der Waals surface area contributed by atoms with Crippen molar-refractivity contribution in [3.63, 3.8) is 0 Å². The Balaban J connectivity index is 0.000000326. The zero-order chi connectivity index (χ0) is 21.8. The highest BCUT2D eigenvalue weighted by atomic mass is 32.1. The average Bonchev–Trinajstić information content (AvgIpc) is 2.72. The number of primary amides is 1. The summed E-state index contributed by atoms with van der Waals surface area (Å²) in [5.74, 6) is -1.16. The summed E-state index contributed by atoms with van der Waals surface area (Å²) in [6, 6.07) is 19.3. The van der Waals surface area contributed by atoms with Gasteiger partial charge in [-0.3, -0.25) is 20.0 Å². The molecule has 0 spiro atoms. The number of amides is 2. The van der Waals surface area contributed by atoms with Crippen molar-refractivity contribution in [1.29, 1.82) is 0 Å². The lowest BCUT2D eigenvalue weighted by molar-refractivity contribution is -0.119. The molecule has 0 saturated carbocycles. The van der Waals surface area contributed by atoms with Crippen molar-refractivity contribution in [2.24, 2.45) is 5.73 Å². The summed E-state index contributed by atoms with van der Waals surface area (Å²) in [7, 11) is 5.52. The largest absolute Gasteiger partial charge is 0.368 e. The monoisotopic (exact) mass is 428 g/mol. The van der Waals surface area contributed by atoms with Crippen molar-refractivity contribution < 1.29 is 9.59 Å². The second-order valence-corrected chi connectivity index (χ2v) is 6.78. The van der Waals surface area contributed by atoms with Crippen molar-refractivity contribution in [2.45, 2.75) is 0 Å². The molecular formula is C21H24N4O2S2. The highest BCUT2D eigenvalue weighted by molar-refractivity contribution is 7.80. The smallest absolute Gasteiger partial charge is 0.262 e. The summed E-state index contributed by atoms with van der Waals surface area (Å²) < 4.78 is 0. The number of thiocarbonyl (C=S) groups is 2. The Bertz CT molecular complexity index is 869. The maximum Gasteiger partial charge on any atom is 0.262 e. The summed E-state index contributed by atoms with van der Waals surface area (Å²) in [6.45, 7) is 0. The summed E-state index contributed by atoms with van der Waals surface area (Å²) >= 11 is 10.4.